The molecule has 2 rings (SSSR count). The van der Waals surface area contributed by atoms with Crippen molar-refractivity contribution < 1.29 is 9.53 Å². The number of rotatable bonds is 1. The van der Waals surface area contributed by atoms with Crippen LogP contribution in [0.4, 0.5) is 4.79 Å². The number of nitrogens with one attached hydrogen (secondary N) is 1. The largest absolute Gasteiger partial charge is 0.444 e. The Morgan fingerprint density at radius 1 is 1.29 bits per heavy atom. The molecule has 4 nitrogen and oxygen atoms in total. The Hall–Kier alpha value is -0.770. The molecule has 1 N–H and O–H groups in total. The van der Waals surface area contributed by atoms with Crippen LogP contribution < -0.4 is 5.32 Å². The molecule has 21 heavy (non-hydrogen) atoms. The van der Waals surface area contributed by atoms with Crippen LogP contribution in [0.1, 0.15) is 60.8 Å². The first kappa shape index (κ1) is 16.6. The summed E-state index contributed by atoms with van der Waals surface area (Å²) in [6, 6.07) is 0. The molecule has 1 amide bonds. The molecule has 122 valence electrons. The highest BCUT2D eigenvalue weighted by atomic mass is 16.6. The van der Waals surface area contributed by atoms with E-state index in [0.717, 1.165) is 32.0 Å². The molecule has 1 spiro atoms. The average Bonchev–Trinajstić information content (AvgIpc) is 2.82. The fourth-order valence-corrected chi connectivity index (χ4v) is 3.73. The predicted molar refractivity (Wildman–Crippen MR) is 85.3 cm³/mol. The summed E-state index contributed by atoms with van der Waals surface area (Å²) in [5.74, 6) is 0.726. The SMILES string of the molecule is CC(C)(C)CC1CNC2(CCN(C(=O)OC(C)(C)C)C2)C1. The van der Waals surface area contributed by atoms with Crippen molar-refractivity contribution in [3.63, 3.8) is 0 Å². The van der Waals surface area contributed by atoms with E-state index in [2.05, 4.69) is 26.1 Å². The summed E-state index contributed by atoms with van der Waals surface area (Å²) in [5.41, 5.74) is 0.0961. The van der Waals surface area contributed by atoms with Gasteiger partial charge in [-0.25, -0.2) is 4.79 Å². The van der Waals surface area contributed by atoms with Gasteiger partial charge >= 0.3 is 6.09 Å². The number of ether oxygens (including phenoxy) is 1. The molecular weight excluding hydrogens is 264 g/mol. The molecule has 2 aliphatic rings. The minimum Gasteiger partial charge on any atom is -0.444 e. The number of amides is 1. The van der Waals surface area contributed by atoms with Crippen molar-refractivity contribution in [2.45, 2.75) is 71.9 Å². The van der Waals surface area contributed by atoms with E-state index in [1.165, 1.54) is 12.8 Å². The second-order valence-corrected chi connectivity index (χ2v) is 9.15. The van der Waals surface area contributed by atoms with Gasteiger partial charge < -0.3 is 15.0 Å². The van der Waals surface area contributed by atoms with Gasteiger partial charge in [0, 0.05) is 18.6 Å². The zero-order chi connectivity index (χ0) is 15.9. The Bertz CT molecular complexity index is 395. The molecule has 2 heterocycles. The van der Waals surface area contributed by atoms with Crippen LogP contribution in [0.2, 0.25) is 0 Å². The Morgan fingerprint density at radius 2 is 1.95 bits per heavy atom. The molecule has 0 aliphatic carbocycles. The van der Waals surface area contributed by atoms with E-state index in [-0.39, 0.29) is 11.6 Å². The van der Waals surface area contributed by atoms with Gasteiger partial charge in [0.1, 0.15) is 5.60 Å². The molecule has 0 aromatic heterocycles. The van der Waals surface area contributed by atoms with E-state index in [4.69, 9.17) is 4.74 Å². The zero-order valence-corrected chi connectivity index (χ0v) is 14.6. The van der Waals surface area contributed by atoms with E-state index >= 15 is 0 Å². The highest BCUT2D eigenvalue weighted by molar-refractivity contribution is 5.68. The second kappa shape index (κ2) is 5.45. The number of carbonyl (C=O) groups is 1. The Balaban J connectivity index is 1.89. The van der Waals surface area contributed by atoms with Crippen LogP contribution in [0, 0.1) is 11.3 Å². The molecular formula is C17H32N2O2. The van der Waals surface area contributed by atoms with Crippen LogP contribution in [0.25, 0.3) is 0 Å². The molecule has 0 radical (unpaired) electrons. The molecule has 2 aliphatic heterocycles. The summed E-state index contributed by atoms with van der Waals surface area (Å²) in [6.45, 7) is 15.4. The Labute approximate surface area is 129 Å². The molecule has 4 heteroatoms. The molecule has 0 bridgehead atoms. The quantitative estimate of drug-likeness (QED) is 0.806. The number of hydrogen-bond acceptors (Lipinski definition) is 3. The van der Waals surface area contributed by atoms with E-state index in [0.29, 0.717) is 5.41 Å². The van der Waals surface area contributed by atoms with Gasteiger partial charge in [-0.05, 0) is 57.9 Å². The highest BCUT2D eigenvalue weighted by Crippen LogP contribution is 2.38. The molecule has 2 fully saturated rings. The van der Waals surface area contributed by atoms with Gasteiger partial charge in [0.15, 0.2) is 0 Å². The van der Waals surface area contributed by atoms with Gasteiger partial charge in [-0.1, -0.05) is 20.8 Å². The van der Waals surface area contributed by atoms with E-state index in [9.17, 15) is 4.79 Å². The third kappa shape index (κ3) is 4.60. The van der Waals surface area contributed by atoms with Crippen LogP contribution in [0.5, 0.6) is 0 Å². The maximum Gasteiger partial charge on any atom is 0.410 e. The van der Waals surface area contributed by atoms with Crippen molar-refractivity contribution in [2.75, 3.05) is 19.6 Å². The van der Waals surface area contributed by atoms with Crippen molar-refractivity contribution >= 4 is 6.09 Å². The molecule has 0 aromatic carbocycles. The summed E-state index contributed by atoms with van der Waals surface area (Å²) in [4.78, 5) is 14.1. The van der Waals surface area contributed by atoms with Crippen LogP contribution in [0.15, 0.2) is 0 Å². The maximum absolute atomic E-state index is 12.2. The summed E-state index contributed by atoms with van der Waals surface area (Å²) in [5, 5.41) is 3.70. The highest BCUT2D eigenvalue weighted by Gasteiger charge is 2.46. The third-order valence-electron chi connectivity index (χ3n) is 4.35. The smallest absolute Gasteiger partial charge is 0.410 e. The Morgan fingerprint density at radius 3 is 2.52 bits per heavy atom. The summed E-state index contributed by atoms with van der Waals surface area (Å²) in [6.07, 6.45) is 3.31. The van der Waals surface area contributed by atoms with E-state index < -0.39 is 5.60 Å². The van der Waals surface area contributed by atoms with Crippen molar-refractivity contribution in [3.8, 4) is 0 Å². The van der Waals surface area contributed by atoms with Crippen molar-refractivity contribution in [1.82, 2.24) is 10.2 Å². The second-order valence-electron chi connectivity index (χ2n) is 9.15. The lowest BCUT2D eigenvalue weighted by Gasteiger charge is -2.27. The third-order valence-corrected chi connectivity index (χ3v) is 4.35. The van der Waals surface area contributed by atoms with Crippen molar-refractivity contribution in [3.05, 3.63) is 0 Å². The first-order chi connectivity index (χ1) is 9.48. The van der Waals surface area contributed by atoms with E-state index in [1.807, 2.05) is 25.7 Å². The Kier molecular flexibility index (Phi) is 4.31. The number of carbonyl (C=O) groups excluding carboxylic acids is 1. The van der Waals surface area contributed by atoms with Gasteiger partial charge in [0.25, 0.3) is 0 Å². The molecule has 0 aromatic rings. The standard InChI is InChI=1S/C17H32N2O2/c1-15(2,3)9-13-10-17(18-11-13)7-8-19(12-17)14(20)21-16(4,5)6/h13,18H,7-12H2,1-6H3. The lowest BCUT2D eigenvalue weighted by atomic mass is 9.81. The summed E-state index contributed by atoms with van der Waals surface area (Å²) < 4.78 is 5.49. The first-order valence-corrected chi connectivity index (χ1v) is 8.21. The van der Waals surface area contributed by atoms with Crippen LogP contribution in [-0.4, -0.2) is 41.8 Å². The van der Waals surface area contributed by atoms with Gasteiger partial charge in [0.2, 0.25) is 0 Å². The summed E-state index contributed by atoms with van der Waals surface area (Å²) in [7, 11) is 0. The first-order valence-electron chi connectivity index (χ1n) is 8.21. The van der Waals surface area contributed by atoms with Crippen molar-refractivity contribution in [1.29, 1.82) is 0 Å². The lowest BCUT2D eigenvalue weighted by molar-refractivity contribution is 0.0282. The monoisotopic (exact) mass is 296 g/mol. The predicted octanol–water partition coefficient (Wildman–Crippen LogP) is 3.41. The van der Waals surface area contributed by atoms with E-state index in [1.54, 1.807) is 0 Å². The average molecular weight is 296 g/mol. The maximum atomic E-state index is 12.2. The van der Waals surface area contributed by atoms with Gasteiger partial charge in [-0.15, -0.1) is 0 Å². The fraction of sp³-hybridized carbons (Fsp3) is 0.941. The van der Waals surface area contributed by atoms with Crippen LogP contribution in [-0.2, 0) is 4.74 Å². The minimum absolute atomic E-state index is 0.132. The fourth-order valence-electron chi connectivity index (χ4n) is 3.73. The number of hydrogen-bond donors (Lipinski definition) is 1. The van der Waals surface area contributed by atoms with Gasteiger partial charge in [0.05, 0.1) is 0 Å². The lowest BCUT2D eigenvalue weighted by Crippen LogP contribution is -2.44. The minimum atomic E-state index is -0.412. The van der Waals surface area contributed by atoms with Gasteiger partial charge in [-0.2, -0.15) is 0 Å². The van der Waals surface area contributed by atoms with Gasteiger partial charge in [-0.3, -0.25) is 0 Å². The number of likely N-dealkylation sites (tertiary alicyclic amines) is 1. The topological polar surface area (TPSA) is 41.6 Å². The summed E-state index contributed by atoms with van der Waals surface area (Å²) >= 11 is 0. The van der Waals surface area contributed by atoms with Crippen LogP contribution >= 0.6 is 0 Å². The zero-order valence-electron chi connectivity index (χ0n) is 14.6. The van der Waals surface area contributed by atoms with Crippen LogP contribution in [0.3, 0.4) is 0 Å². The molecule has 2 saturated heterocycles. The normalized spacial score (nSPS) is 30.2. The molecule has 0 saturated carbocycles. The number of nitrogens with zero attached hydrogens (tertiary/aromatic N) is 1. The molecule has 2 unspecified atom stereocenters. The van der Waals surface area contributed by atoms with Crippen molar-refractivity contribution in [2.24, 2.45) is 11.3 Å². The molecule has 2 atom stereocenters.